The minimum absolute atomic E-state index is 0.467. The first-order chi connectivity index (χ1) is 6.72. The molecule has 1 heterocycles. The van der Waals surface area contributed by atoms with E-state index < -0.39 is 0 Å². The Labute approximate surface area is 92.2 Å². The van der Waals surface area contributed by atoms with Crippen molar-refractivity contribution in [2.75, 3.05) is 19.3 Å². The van der Waals surface area contributed by atoms with E-state index in [1.807, 2.05) is 11.8 Å². The molecule has 1 fully saturated rings. The molecule has 1 rings (SSSR count). The van der Waals surface area contributed by atoms with Gasteiger partial charge in [0.05, 0.1) is 12.2 Å². The Morgan fingerprint density at radius 2 is 2.29 bits per heavy atom. The highest BCUT2D eigenvalue weighted by molar-refractivity contribution is 7.99. The molecule has 0 spiro atoms. The largest absolute Gasteiger partial charge is 0.374 e. The third-order valence-corrected chi connectivity index (χ3v) is 3.86. The Kier molecular flexibility index (Phi) is 5.90. The minimum Gasteiger partial charge on any atom is -0.374 e. The second-order valence-corrected chi connectivity index (χ2v) is 5.46. The van der Waals surface area contributed by atoms with Gasteiger partial charge in [-0.25, -0.2) is 0 Å². The Morgan fingerprint density at radius 3 is 2.86 bits per heavy atom. The summed E-state index contributed by atoms with van der Waals surface area (Å²) in [5.74, 6) is 0. The van der Waals surface area contributed by atoms with Gasteiger partial charge in [0.25, 0.3) is 0 Å². The molecule has 0 radical (unpaired) electrons. The van der Waals surface area contributed by atoms with Gasteiger partial charge in [-0.05, 0) is 39.0 Å². The topological polar surface area (TPSA) is 21.3 Å². The maximum absolute atomic E-state index is 5.73. The average Bonchev–Trinajstić information content (AvgIpc) is 2.58. The van der Waals surface area contributed by atoms with Gasteiger partial charge in [-0.2, -0.15) is 11.8 Å². The lowest BCUT2D eigenvalue weighted by atomic mass is 10.2. The third kappa shape index (κ3) is 4.67. The van der Waals surface area contributed by atoms with Crippen molar-refractivity contribution in [3.8, 4) is 0 Å². The van der Waals surface area contributed by atoms with E-state index in [1.54, 1.807) is 0 Å². The van der Waals surface area contributed by atoms with Gasteiger partial charge in [0, 0.05) is 11.8 Å². The van der Waals surface area contributed by atoms with Crippen molar-refractivity contribution >= 4 is 11.8 Å². The number of hydrogen-bond donors (Lipinski definition) is 1. The normalized spacial score (nSPS) is 29.4. The standard InChI is InChI=1S/C11H23NOS/c1-9-4-5-11(13-9)8-12-7-6-10(2)14-3/h9-12H,4-8H2,1-3H3. The molecule has 0 aromatic heterocycles. The molecule has 2 nitrogen and oxygen atoms in total. The van der Waals surface area contributed by atoms with Crippen molar-refractivity contribution in [2.45, 2.75) is 50.6 Å². The summed E-state index contributed by atoms with van der Waals surface area (Å²) in [7, 11) is 0. The van der Waals surface area contributed by atoms with Crippen LogP contribution in [-0.4, -0.2) is 36.8 Å². The summed E-state index contributed by atoms with van der Waals surface area (Å²) in [4.78, 5) is 0. The molecule has 0 aromatic rings. The Bertz CT molecular complexity index is 154. The van der Waals surface area contributed by atoms with Crippen LogP contribution in [0.15, 0.2) is 0 Å². The summed E-state index contributed by atoms with van der Waals surface area (Å²) in [6, 6.07) is 0. The van der Waals surface area contributed by atoms with Gasteiger partial charge < -0.3 is 10.1 Å². The number of thioether (sulfide) groups is 1. The molecule has 1 N–H and O–H groups in total. The Morgan fingerprint density at radius 1 is 1.50 bits per heavy atom. The highest BCUT2D eigenvalue weighted by atomic mass is 32.2. The summed E-state index contributed by atoms with van der Waals surface area (Å²) in [5, 5.41) is 4.24. The van der Waals surface area contributed by atoms with Gasteiger partial charge in [0.2, 0.25) is 0 Å². The molecular formula is C11H23NOS. The van der Waals surface area contributed by atoms with E-state index in [1.165, 1.54) is 19.3 Å². The molecule has 1 saturated heterocycles. The first-order valence-electron chi connectivity index (χ1n) is 5.61. The van der Waals surface area contributed by atoms with Gasteiger partial charge in [0.1, 0.15) is 0 Å². The van der Waals surface area contributed by atoms with E-state index in [0.29, 0.717) is 12.2 Å². The monoisotopic (exact) mass is 217 g/mol. The van der Waals surface area contributed by atoms with Crippen LogP contribution in [0.25, 0.3) is 0 Å². The molecule has 84 valence electrons. The molecule has 3 unspecified atom stereocenters. The van der Waals surface area contributed by atoms with Crippen LogP contribution in [0.1, 0.15) is 33.1 Å². The zero-order valence-corrected chi connectivity index (χ0v) is 10.4. The van der Waals surface area contributed by atoms with Crippen LogP contribution in [0.4, 0.5) is 0 Å². The second kappa shape index (κ2) is 6.70. The van der Waals surface area contributed by atoms with Crippen molar-refractivity contribution in [3.05, 3.63) is 0 Å². The summed E-state index contributed by atoms with van der Waals surface area (Å²) in [6.07, 6.45) is 6.83. The van der Waals surface area contributed by atoms with Gasteiger partial charge >= 0.3 is 0 Å². The molecule has 3 heteroatoms. The number of ether oxygens (including phenoxy) is 1. The predicted octanol–water partition coefficient (Wildman–Crippen LogP) is 2.29. The lowest BCUT2D eigenvalue weighted by Gasteiger charge is -2.13. The predicted molar refractivity (Wildman–Crippen MR) is 64.0 cm³/mol. The van der Waals surface area contributed by atoms with Gasteiger partial charge in [-0.3, -0.25) is 0 Å². The quantitative estimate of drug-likeness (QED) is 0.690. The van der Waals surface area contributed by atoms with Gasteiger partial charge in [0.15, 0.2) is 0 Å². The lowest BCUT2D eigenvalue weighted by Crippen LogP contribution is -2.28. The Hall–Kier alpha value is 0.270. The average molecular weight is 217 g/mol. The molecule has 1 aliphatic heterocycles. The molecular weight excluding hydrogens is 194 g/mol. The van der Waals surface area contributed by atoms with E-state index in [0.717, 1.165) is 18.3 Å². The van der Waals surface area contributed by atoms with Crippen LogP contribution >= 0.6 is 11.8 Å². The van der Waals surface area contributed by atoms with Crippen LogP contribution in [0.3, 0.4) is 0 Å². The number of rotatable bonds is 6. The fourth-order valence-electron chi connectivity index (χ4n) is 1.72. The molecule has 0 saturated carbocycles. The Balaban J connectivity index is 1.94. The van der Waals surface area contributed by atoms with Crippen LogP contribution in [0, 0.1) is 0 Å². The maximum Gasteiger partial charge on any atom is 0.0704 e. The zero-order valence-electron chi connectivity index (χ0n) is 9.58. The van der Waals surface area contributed by atoms with E-state index in [4.69, 9.17) is 4.74 Å². The van der Waals surface area contributed by atoms with Crippen LogP contribution in [0.2, 0.25) is 0 Å². The molecule has 0 amide bonds. The second-order valence-electron chi connectivity index (χ2n) is 4.19. The van der Waals surface area contributed by atoms with Crippen LogP contribution in [-0.2, 0) is 4.74 Å². The maximum atomic E-state index is 5.73. The molecule has 1 aliphatic rings. The fraction of sp³-hybridized carbons (Fsp3) is 1.00. The van der Waals surface area contributed by atoms with Crippen molar-refractivity contribution in [3.63, 3.8) is 0 Å². The van der Waals surface area contributed by atoms with Crippen LogP contribution < -0.4 is 5.32 Å². The summed E-state index contributed by atoms with van der Waals surface area (Å²) >= 11 is 1.94. The van der Waals surface area contributed by atoms with Crippen LogP contribution in [0.5, 0.6) is 0 Å². The molecule has 0 bridgehead atoms. The number of nitrogens with one attached hydrogen (secondary N) is 1. The fourth-order valence-corrected chi connectivity index (χ4v) is 2.08. The van der Waals surface area contributed by atoms with Crippen molar-refractivity contribution in [1.29, 1.82) is 0 Å². The molecule has 0 aromatic carbocycles. The summed E-state index contributed by atoms with van der Waals surface area (Å²) < 4.78 is 5.73. The smallest absolute Gasteiger partial charge is 0.0704 e. The van der Waals surface area contributed by atoms with E-state index in [-0.39, 0.29) is 0 Å². The summed E-state index contributed by atoms with van der Waals surface area (Å²) in [5.41, 5.74) is 0. The highest BCUT2D eigenvalue weighted by Crippen LogP contribution is 2.18. The molecule has 14 heavy (non-hydrogen) atoms. The number of hydrogen-bond acceptors (Lipinski definition) is 3. The molecule has 0 aliphatic carbocycles. The SMILES string of the molecule is CSC(C)CCNCC1CCC(C)O1. The highest BCUT2D eigenvalue weighted by Gasteiger charge is 2.20. The van der Waals surface area contributed by atoms with Gasteiger partial charge in [-0.15, -0.1) is 0 Å². The first-order valence-corrected chi connectivity index (χ1v) is 6.90. The molecule has 3 atom stereocenters. The van der Waals surface area contributed by atoms with Crippen molar-refractivity contribution in [2.24, 2.45) is 0 Å². The van der Waals surface area contributed by atoms with E-state index >= 15 is 0 Å². The lowest BCUT2D eigenvalue weighted by molar-refractivity contribution is 0.0561. The minimum atomic E-state index is 0.467. The van der Waals surface area contributed by atoms with E-state index in [2.05, 4.69) is 25.4 Å². The van der Waals surface area contributed by atoms with Gasteiger partial charge in [-0.1, -0.05) is 6.92 Å². The van der Waals surface area contributed by atoms with Crippen molar-refractivity contribution in [1.82, 2.24) is 5.32 Å². The van der Waals surface area contributed by atoms with Crippen molar-refractivity contribution < 1.29 is 4.74 Å². The zero-order chi connectivity index (χ0) is 10.4. The summed E-state index contributed by atoms with van der Waals surface area (Å²) in [6.45, 7) is 6.60. The first kappa shape index (κ1) is 12.3. The third-order valence-electron chi connectivity index (χ3n) is 2.82. The van der Waals surface area contributed by atoms with E-state index in [9.17, 15) is 0 Å².